The van der Waals surface area contributed by atoms with Crippen LogP contribution < -0.4 is 4.74 Å². The molecule has 3 aromatic rings. The van der Waals surface area contributed by atoms with Crippen molar-refractivity contribution in [2.24, 2.45) is 0 Å². The molecule has 0 aromatic heterocycles. The van der Waals surface area contributed by atoms with E-state index >= 15 is 0 Å². The fraction of sp³-hybridized carbons (Fsp3) is 0.182. The lowest BCUT2D eigenvalue weighted by molar-refractivity contribution is 0.190. The molecule has 2 atom stereocenters. The molecule has 0 radical (unpaired) electrons. The maximum atomic E-state index is 9.64. The number of aromatic hydroxyl groups is 2. The quantitative estimate of drug-likeness (QED) is 0.260. The molecule has 3 nitrogen and oxygen atoms in total. The van der Waals surface area contributed by atoms with Crippen LogP contribution in [0, 0.1) is 13.8 Å². The van der Waals surface area contributed by atoms with E-state index in [4.69, 9.17) is 6.17 Å². The van der Waals surface area contributed by atoms with Crippen molar-refractivity contribution in [1.29, 1.82) is 1.43 Å². The van der Waals surface area contributed by atoms with Gasteiger partial charge < -0.3 is 15.0 Å². The van der Waals surface area contributed by atoms with Crippen LogP contribution in [0.1, 0.15) is 33.6 Å². The average Bonchev–Trinajstić information content (AvgIpc) is 2.75. The van der Waals surface area contributed by atoms with Crippen LogP contribution in [0.4, 0.5) is 0 Å². The first-order valence-corrected chi connectivity index (χ1v) is 14.4. The summed E-state index contributed by atoms with van der Waals surface area (Å²) < 4.78 is 13.5. The molecule has 29 heavy (non-hydrogen) atoms. The molecule has 0 spiro atoms. The minimum Gasteiger partial charge on any atom is -0.508 e. The Bertz CT molecular complexity index is 1020. The summed E-state index contributed by atoms with van der Waals surface area (Å²) in [5.41, 5.74) is 4.55. The van der Waals surface area contributed by atoms with Crippen LogP contribution >= 0.6 is 38.8 Å². The van der Waals surface area contributed by atoms with Gasteiger partial charge in [0.25, 0.3) is 1.43 Å². The van der Waals surface area contributed by atoms with Gasteiger partial charge in [0.2, 0.25) is 0 Å². The normalized spacial score (nSPS) is 18.0. The van der Waals surface area contributed by atoms with Crippen LogP contribution in [-0.2, 0) is 11.8 Å². The zero-order valence-electron chi connectivity index (χ0n) is 16.8. The smallest absolute Gasteiger partial charge is 0.293 e. The van der Waals surface area contributed by atoms with Crippen molar-refractivity contribution < 1.29 is 15.0 Å². The first-order valence-electron chi connectivity index (χ1n) is 9.28. The minimum absolute atomic E-state index is 0.0453. The lowest BCUT2D eigenvalue weighted by Crippen LogP contribution is -2.19. The van der Waals surface area contributed by atoms with E-state index in [9.17, 15) is 5.11 Å². The van der Waals surface area contributed by atoms with Crippen LogP contribution in [0.2, 0.25) is 0 Å². The van der Waals surface area contributed by atoms with E-state index in [2.05, 4.69) is 64.9 Å². The van der Waals surface area contributed by atoms with Gasteiger partial charge in [-0.1, -0.05) is 24.3 Å². The maximum absolute atomic E-state index is 9.64. The Labute approximate surface area is 196 Å². The molecule has 4 rings (SSSR count). The number of hydrogen-bond donors (Lipinski definition) is 2. The number of thioether (sulfide) groups is 1. The monoisotopic (exact) mass is 556 g/mol. The van der Waals surface area contributed by atoms with Gasteiger partial charge in [-0.05, 0) is 106 Å². The van der Waals surface area contributed by atoms with E-state index in [1.165, 1.54) is 11.1 Å². The van der Waals surface area contributed by atoms with Crippen LogP contribution in [0.15, 0.2) is 65.6 Å². The van der Waals surface area contributed by atoms with Crippen molar-refractivity contribution in [3.63, 3.8) is 0 Å². The van der Waals surface area contributed by atoms with Gasteiger partial charge in [-0.15, -0.1) is 11.8 Å². The fourth-order valence-electron chi connectivity index (χ4n) is 3.15. The average molecular weight is 556 g/mol. The van der Waals surface area contributed by atoms with Crippen LogP contribution in [-0.4, -0.2) is 11.6 Å². The number of fused-ring (bicyclic) bond motifs is 1. The molecule has 1 aliphatic rings. The van der Waals surface area contributed by atoms with E-state index < -0.39 is 0 Å². The third-order valence-electron chi connectivity index (χ3n) is 4.77. The zero-order valence-corrected chi connectivity index (χ0v) is 20.5. The number of phenolic OH excluding ortho intramolecular Hbond substituents is 2. The number of hydrogen-bond acceptors (Lipinski definition) is 5. The third kappa shape index (κ3) is 5.43. The summed E-state index contributed by atoms with van der Waals surface area (Å²) in [7, 11) is 0. The van der Waals surface area contributed by atoms with E-state index in [0.29, 0.717) is 5.75 Å². The molecule has 1 heterocycles. The summed E-state index contributed by atoms with van der Waals surface area (Å²) in [6.45, 7) is 4.20. The molecule has 150 valence electrons. The van der Waals surface area contributed by atoms with E-state index in [1.54, 1.807) is 36.0 Å². The second kappa shape index (κ2) is 10.1. The maximum Gasteiger partial charge on any atom is 0.293 e. The Morgan fingerprint density at radius 2 is 1.55 bits per heavy atom. The largest absolute Gasteiger partial charge is 0.508 e. The minimum atomic E-state index is -0.187. The Kier molecular flexibility index (Phi) is 7.29. The summed E-state index contributed by atoms with van der Waals surface area (Å²) in [5.74, 6) is 1.64. The highest BCUT2D eigenvalue weighted by atomic mass is 127. The molecule has 7 heteroatoms. The summed E-state index contributed by atoms with van der Waals surface area (Å²) in [5, 5.41) is 14.2. The number of aryl methyl sites for hydroxylation is 2. The van der Waals surface area contributed by atoms with Gasteiger partial charge in [0.05, 0.1) is 10.1 Å². The highest BCUT2D eigenvalue weighted by molar-refractivity contribution is 14.2. The van der Waals surface area contributed by atoms with E-state index in [-0.39, 0.29) is 17.1 Å². The first-order chi connectivity index (χ1) is 14.5. The molecule has 0 bridgehead atoms. The molecule has 0 aliphatic carbocycles. The van der Waals surface area contributed by atoms with Gasteiger partial charge in [-0.25, -0.2) is 0 Å². The number of benzene rings is 3. The lowest BCUT2D eigenvalue weighted by atomic mass is 9.99. The Morgan fingerprint density at radius 3 is 2.17 bits per heavy atom. The summed E-state index contributed by atoms with van der Waals surface area (Å²) in [6.07, 6.45) is -0.187. The summed E-state index contributed by atoms with van der Waals surface area (Å²) >= 11 is 8.21. The van der Waals surface area contributed by atoms with Gasteiger partial charge >= 0.3 is 0 Å². The third-order valence-corrected chi connectivity index (χ3v) is 6.12. The highest BCUT2D eigenvalue weighted by Crippen LogP contribution is 2.53. The molecular formula is C22H20IO3PS2. The SMILES string of the molecule is S=PI.[3H]Oc1ccc([C@@H]2Sc3cc(C)c(C)cc3O[C@@H]2c2ccc(O)cc2)cc1. The zero-order chi connectivity index (χ0) is 21.7. The van der Waals surface area contributed by atoms with Crippen molar-refractivity contribution in [3.05, 3.63) is 82.9 Å². The van der Waals surface area contributed by atoms with E-state index in [0.717, 1.165) is 26.8 Å². The van der Waals surface area contributed by atoms with Gasteiger partial charge in [0.1, 0.15) is 23.4 Å². The Hall–Kier alpha value is -1.34. The number of rotatable bonds is 3. The van der Waals surface area contributed by atoms with Crippen molar-refractivity contribution in [3.8, 4) is 17.2 Å². The lowest BCUT2D eigenvalue weighted by Gasteiger charge is -2.34. The van der Waals surface area contributed by atoms with Gasteiger partial charge in [0, 0.05) is 5.00 Å². The molecule has 1 aliphatic heterocycles. The predicted octanol–water partition coefficient (Wildman–Crippen LogP) is 7.43. The molecule has 0 saturated carbocycles. The summed E-state index contributed by atoms with van der Waals surface area (Å²) in [6, 6.07) is 19.0. The van der Waals surface area contributed by atoms with Crippen LogP contribution in [0.3, 0.4) is 0 Å². The first kappa shape index (κ1) is 20.9. The second-order valence-corrected chi connectivity index (χ2v) is 12.0. The number of ether oxygens (including phenoxy) is 1. The van der Waals surface area contributed by atoms with Gasteiger partial charge in [0.15, 0.2) is 0 Å². The van der Waals surface area contributed by atoms with Crippen LogP contribution in [0.5, 0.6) is 17.2 Å². The Morgan fingerprint density at radius 1 is 1.00 bits per heavy atom. The predicted molar refractivity (Wildman–Crippen MR) is 132 cm³/mol. The van der Waals surface area contributed by atoms with Gasteiger partial charge in [-0.2, -0.15) is 0 Å². The number of phenols is 2. The molecular weight excluding hydrogens is 534 g/mol. The Balaban J connectivity index is 0.000000806. The van der Waals surface area contributed by atoms with Crippen molar-refractivity contribution in [1.82, 2.24) is 0 Å². The molecule has 3 aromatic carbocycles. The van der Waals surface area contributed by atoms with Crippen molar-refractivity contribution >= 4 is 50.6 Å². The molecule has 0 amide bonds. The topological polar surface area (TPSA) is 49.7 Å². The molecule has 0 unspecified atom stereocenters. The highest BCUT2D eigenvalue weighted by Gasteiger charge is 2.33. The summed E-state index contributed by atoms with van der Waals surface area (Å²) in [4.78, 5) is 2.09. The number of halogens is 1. The van der Waals surface area contributed by atoms with E-state index in [1.807, 2.05) is 24.3 Å². The van der Waals surface area contributed by atoms with Crippen LogP contribution in [0.25, 0.3) is 0 Å². The fourth-order valence-corrected chi connectivity index (χ4v) is 4.52. The van der Waals surface area contributed by atoms with Gasteiger partial charge in [-0.3, -0.25) is 0 Å². The second-order valence-electron chi connectivity index (χ2n) is 6.69. The molecule has 2 N–H and O–H groups in total. The van der Waals surface area contributed by atoms with Crippen molar-refractivity contribution in [2.75, 3.05) is 0 Å². The standard InChI is InChI=1S/C22H20O3S.IPS/c1-13-11-19-20(12-14(13)2)26-22(16-5-9-18(24)10-6-16)21(25-19)15-3-7-17(23)8-4-15;1-2-3/h3-12,21-24H,1-2H3;/t21-,22+;/m1./s1/i/hT. The van der Waals surface area contributed by atoms with Crippen molar-refractivity contribution in [2.45, 2.75) is 30.1 Å². The molecule has 0 fully saturated rings. The molecule has 0 saturated heterocycles.